The molecule has 0 fully saturated rings. The minimum atomic E-state index is -0.483. The maximum absolute atomic E-state index is 12.0. The van der Waals surface area contributed by atoms with Crippen LogP contribution in [0.15, 0.2) is 59.2 Å². The molecule has 132 valence electrons. The van der Waals surface area contributed by atoms with E-state index < -0.39 is 5.97 Å². The number of rotatable bonds is 4. The number of carbonyl (C=O) groups is 1. The first-order valence-electron chi connectivity index (χ1n) is 7.85. The zero-order valence-corrected chi connectivity index (χ0v) is 15.8. The van der Waals surface area contributed by atoms with Crippen molar-refractivity contribution in [3.63, 3.8) is 0 Å². The second kappa shape index (κ2) is 7.77. The van der Waals surface area contributed by atoms with E-state index in [4.69, 9.17) is 27.9 Å². The molecule has 0 bridgehead atoms. The largest absolute Gasteiger partial charge is 0.403 e. The molecular weight excluding hydrogens is 371 g/mol. The Balaban J connectivity index is 1.79. The zero-order valence-electron chi connectivity index (χ0n) is 14.2. The highest BCUT2D eigenvalue weighted by Gasteiger charge is 2.21. The molecule has 3 rings (SSSR count). The second-order valence-electron chi connectivity index (χ2n) is 5.85. The zero-order chi connectivity index (χ0) is 18.7. The molecular formula is C20H16Cl2N2O2. The molecule has 0 radical (unpaired) electrons. The topological polar surface area (TPSA) is 41.9 Å². The van der Waals surface area contributed by atoms with E-state index in [0.717, 1.165) is 16.8 Å². The SMILES string of the molecule is CN(C)c1ccc(C=C2N=C(C=Cc3ccc(Cl)cc3Cl)OC2=O)cc1. The van der Waals surface area contributed by atoms with Crippen molar-refractivity contribution in [2.24, 2.45) is 4.99 Å². The number of carbonyl (C=O) groups excluding carboxylic acids is 1. The van der Waals surface area contributed by atoms with Crippen LogP contribution in [0.4, 0.5) is 5.69 Å². The van der Waals surface area contributed by atoms with Crippen molar-refractivity contribution in [1.82, 2.24) is 0 Å². The van der Waals surface area contributed by atoms with Crippen LogP contribution in [0.25, 0.3) is 12.2 Å². The predicted octanol–water partition coefficient (Wildman–Crippen LogP) is 5.07. The fourth-order valence-electron chi connectivity index (χ4n) is 2.32. The van der Waals surface area contributed by atoms with Gasteiger partial charge in [-0.15, -0.1) is 0 Å². The highest BCUT2D eigenvalue weighted by atomic mass is 35.5. The average molecular weight is 387 g/mol. The summed E-state index contributed by atoms with van der Waals surface area (Å²) >= 11 is 12.0. The number of esters is 1. The molecule has 0 saturated heterocycles. The van der Waals surface area contributed by atoms with E-state index in [1.54, 1.807) is 36.4 Å². The standard InChI is InChI=1S/C20H16Cl2N2O2/c1-24(2)16-8-3-13(4-9-16)11-18-20(25)26-19(23-18)10-6-14-5-7-15(21)12-17(14)22/h3-12H,1-2H3. The molecule has 0 N–H and O–H groups in total. The van der Waals surface area contributed by atoms with Gasteiger partial charge in [-0.1, -0.05) is 41.4 Å². The lowest BCUT2D eigenvalue weighted by molar-refractivity contribution is -0.129. The molecule has 1 aliphatic rings. The van der Waals surface area contributed by atoms with Crippen LogP contribution in [-0.4, -0.2) is 26.0 Å². The van der Waals surface area contributed by atoms with E-state index in [2.05, 4.69) is 4.99 Å². The van der Waals surface area contributed by atoms with Crippen LogP contribution < -0.4 is 4.90 Å². The molecule has 0 aliphatic carbocycles. The van der Waals surface area contributed by atoms with Gasteiger partial charge in [0.2, 0.25) is 5.90 Å². The van der Waals surface area contributed by atoms with Gasteiger partial charge in [-0.25, -0.2) is 9.79 Å². The maximum Gasteiger partial charge on any atom is 0.363 e. The average Bonchev–Trinajstić information content (AvgIpc) is 2.94. The van der Waals surface area contributed by atoms with Crippen molar-refractivity contribution >= 4 is 52.9 Å². The van der Waals surface area contributed by atoms with Crippen LogP contribution in [0.1, 0.15) is 11.1 Å². The third kappa shape index (κ3) is 4.34. The summed E-state index contributed by atoms with van der Waals surface area (Å²) in [5.74, 6) is -0.263. The van der Waals surface area contributed by atoms with Crippen LogP contribution in [0.3, 0.4) is 0 Å². The number of hydrogen-bond acceptors (Lipinski definition) is 4. The van der Waals surface area contributed by atoms with Crippen LogP contribution in [0, 0.1) is 0 Å². The number of benzene rings is 2. The quantitative estimate of drug-likeness (QED) is 0.544. The van der Waals surface area contributed by atoms with Gasteiger partial charge >= 0.3 is 5.97 Å². The van der Waals surface area contributed by atoms with E-state index in [0.29, 0.717) is 10.0 Å². The first kappa shape index (κ1) is 18.2. The van der Waals surface area contributed by atoms with Gasteiger partial charge < -0.3 is 9.64 Å². The fourth-order valence-corrected chi connectivity index (χ4v) is 2.79. The van der Waals surface area contributed by atoms with Gasteiger partial charge in [-0.3, -0.25) is 0 Å². The van der Waals surface area contributed by atoms with E-state index >= 15 is 0 Å². The molecule has 0 amide bonds. The van der Waals surface area contributed by atoms with Gasteiger partial charge in [0.15, 0.2) is 5.70 Å². The summed E-state index contributed by atoms with van der Waals surface area (Å²) in [6.45, 7) is 0. The van der Waals surface area contributed by atoms with Gasteiger partial charge in [0.05, 0.1) is 0 Å². The van der Waals surface area contributed by atoms with Crippen LogP contribution in [-0.2, 0) is 9.53 Å². The Labute approximate surface area is 162 Å². The second-order valence-corrected chi connectivity index (χ2v) is 6.70. The lowest BCUT2D eigenvalue weighted by Gasteiger charge is -2.11. The number of anilines is 1. The van der Waals surface area contributed by atoms with Gasteiger partial charge in [0.25, 0.3) is 0 Å². The first-order chi connectivity index (χ1) is 12.4. The number of cyclic esters (lactones) is 1. The van der Waals surface area contributed by atoms with Gasteiger partial charge in [-0.05, 0) is 47.5 Å². The summed E-state index contributed by atoms with van der Waals surface area (Å²) in [4.78, 5) is 18.2. The van der Waals surface area contributed by atoms with E-state index in [1.807, 2.05) is 43.3 Å². The number of halogens is 2. The van der Waals surface area contributed by atoms with Crippen LogP contribution >= 0.6 is 23.2 Å². The molecule has 0 spiro atoms. The van der Waals surface area contributed by atoms with Crippen molar-refractivity contribution in [2.75, 3.05) is 19.0 Å². The number of ether oxygens (including phenoxy) is 1. The molecule has 4 nitrogen and oxygen atoms in total. The van der Waals surface area contributed by atoms with Crippen molar-refractivity contribution in [2.45, 2.75) is 0 Å². The molecule has 2 aromatic carbocycles. The third-order valence-electron chi connectivity index (χ3n) is 3.72. The minimum absolute atomic E-state index is 0.220. The summed E-state index contributed by atoms with van der Waals surface area (Å²) in [5, 5.41) is 1.07. The minimum Gasteiger partial charge on any atom is -0.403 e. The molecule has 6 heteroatoms. The lowest BCUT2D eigenvalue weighted by atomic mass is 10.1. The summed E-state index contributed by atoms with van der Waals surface area (Å²) in [6.07, 6.45) is 5.01. The Kier molecular flexibility index (Phi) is 5.45. The summed E-state index contributed by atoms with van der Waals surface area (Å²) in [5.41, 5.74) is 2.96. The maximum atomic E-state index is 12.0. The predicted molar refractivity (Wildman–Crippen MR) is 108 cm³/mol. The molecule has 1 aliphatic heterocycles. The number of nitrogens with zero attached hydrogens (tertiary/aromatic N) is 2. The Bertz CT molecular complexity index is 929. The molecule has 26 heavy (non-hydrogen) atoms. The lowest BCUT2D eigenvalue weighted by Crippen LogP contribution is -2.07. The van der Waals surface area contributed by atoms with Gasteiger partial charge in [0, 0.05) is 35.9 Å². The Morgan fingerprint density at radius 2 is 1.77 bits per heavy atom. The van der Waals surface area contributed by atoms with Crippen LogP contribution in [0.2, 0.25) is 10.0 Å². The van der Waals surface area contributed by atoms with E-state index in [-0.39, 0.29) is 11.6 Å². The van der Waals surface area contributed by atoms with Crippen molar-refractivity contribution in [1.29, 1.82) is 0 Å². The monoisotopic (exact) mass is 386 g/mol. The molecule has 1 heterocycles. The number of hydrogen-bond donors (Lipinski definition) is 0. The van der Waals surface area contributed by atoms with Gasteiger partial charge in [0.1, 0.15) is 0 Å². The van der Waals surface area contributed by atoms with Crippen LogP contribution in [0.5, 0.6) is 0 Å². The molecule has 0 saturated carbocycles. The van der Waals surface area contributed by atoms with Crippen molar-refractivity contribution in [3.8, 4) is 0 Å². The summed E-state index contributed by atoms with van der Waals surface area (Å²) < 4.78 is 5.17. The Morgan fingerprint density at radius 1 is 1.04 bits per heavy atom. The molecule has 2 aromatic rings. The third-order valence-corrected chi connectivity index (χ3v) is 4.28. The van der Waals surface area contributed by atoms with Gasteiger partial charge in [-0.2, -0.15) is 0 Å². The van der Waals surface area contributed by atoms with E-state index in [9.17, 15) is 4.79 Å². The highest BCUT2D eigenvalue weighted by molar-refractivity contribution is 6.35. The fraction of sp³-hybridized carbons (Fsp3) is 0.100. The summed E-state index contributed by atoms with van der Waals surface area (Å²) in [7, 11) is 3.94. The highest BCUT2D eigenvalue weighted by Crippen LogP contribution is 2.23. The Hall–Kier alpha value is -2.56. The van der Waals surface area contributed by atoms with Crippen molar-refractivity contribution < 1.29 is 9.53 Å². The summed E-state index contributed by atoms with van der Waals surface area (Å²) in [6, 6.07) is 13.0. The number of aliphatic imine (C=N–C) groups is 1. The molecule has 0 unspecified atom stereocenters. The smallest absolute Gasteiger partial charge is 0.363 e. The Morgan fingerprint density at radius 3 is 2.42 bits per heavy atom. The van der Waals surface area contributed by atoms with E-state index in [1.165, 1.54) is 0 Å². The normalized spacial score (nSPS) is 15.5. The molecule has 0 aromatic heterocycles. The molecule has 0 atom stereocenters. The first-order valence-corrected chi connectivity index (χ1v) is 8.61. The van der Waals surface area contributed by atoms with Crippen molar-refractivity contribution in [3.05, 3.63) is 75.4 Å².